The number of ether oxygens (including phenoxy) is 1. The van der Waals surface area contributed by atoms with Crippen molar-refractivity contribution in [3.05, 3.63) is 0 Å². The Morgan fingerprint density at radius 3 is 2.71 bits per heavy atom. The van der Waals surface area contributed by atoms with Gasteiger partial charge in [0.05, 0.1) is 19.6 Å². The van der Waals surface area contributed by atoms with Crippen LogP contribution >= 0.6 is 0 Å². The molecule has 0 aromatic heterocycles. The van der Waals surface area contributed by atoms with Crippen LogP contribution in [0.15, 0.2) is 0 Å². The predicted octanol–water partition coefficient (Wildman–Crippen LogP) is 0.396. The SMILES string of the molecule is COC(=O)CC(O)CCN1CCCC1. The zero-order chi connectivity index (χ0) is 10.4. The van der Waals surface area contributed by atoms with Crippen molar-refractivity contribution in [3.8, 4) is 0 Å². The lowest BCUT2D eigenvalue weighted by Crippen LogP contribution is -2.25. The Labute approximate surface area is 84.8 Å². The second-order valence-electron chi connectivity index (χ2n) is 3.77. The van der Waals surface area contributed by atoms with E-state index in [2.05, 4.69) is 9.64 Å². The maximum atomic E-state index is 10.8. The van der Waals surface area contributed by atoms with E-state index in [0.717, 1.165) is 19.6 Å². The number of methoxy groups -OCH3 is 1. The average Bonchev–Trinajstić information content (AvgIpc) is 2.67. The maximum Gasteiger partial charge on any atom is 0.308 e. The van der Waals surface area contributed by atoms with Crippen LogP contribution in [0.25, 0.3) is 0 Å². The Balaban J connectivity index is 2.07. The third-order valence-electron chi connectivity index (χ3n) is 2.61. The molecule has 1 aliphatic heterocycles. The van der Waals surface area contributed by atoms with Crippen LogP contribution in [-0.4, -0.2) is 48.8 Å². The van der Waals surface area contributed by atoms with Gasteiger partial charge in [0.15, 0.2) is 0 Å². The van der Waals surface area contributed by atoms with Gasteiger partial charge in [-0.3, -0.25) is 4.79 Å². The topological polar surface area (TPSA) is 49.8 Å². The fraction of sp³-hybridized carbons (Fsp3) is 0.900. The quantitative estimate of drug-likeness (QED) is 0.654. The van der Waals surface area contributed by atoms with Crippen LogP contribution in [0.5, 0.6) is 0 Å². The number of carbonyl (C=O) groups is 1. The molecular formula is C10H19NO3. The Kier molecular flexibility index (Phi) is 4.90. The molecule has 82 valence electrons. The molecule has 1 aliphatic rings. The number of nitrogens with zero attached hydrogens (tertiary/aromatic N) is 1. The standard InChI is InChI=1S/C10H19NO3/c1-14-10(13)8-9(12)4-7-11-5-2-3-6-11/h9,12H,2-8H2,1H3. The van der Waals surface area contributed by atoms with Crippen molar-refractivity contribution < 1.29 is 14.6 Å². The molecule has 1 saturated heterocycles. The molecule has 14 heavy (non-hydrogen) atoms. The molecule has 1 fully saturated rings. The first kappa shape index (κ1) is 11.5. The molecule has 0 saturated carbocycles. The second kappa shape index (κ2) is 5.98. The molecular weight excluding hydrogens is 182 g/mol. The molecule has 4 heteroatoms. The van der Waals surface area contributed by atoms with E-state index >= 15 is 0 Å². The monoisotopic (exact) mass is 201 g/mol. The highest BCUT2D eigenvalue weighted by Gasteiger charge is 2.15. The summed E-state index contributed by atoms with van der Waals surface area (Å²) < 4.78 is 4.48. The molecule has 0 aliphatic carbocycles. The number of hydrogen-bond donors (Lipinski definition) is 1. The fourth-order valence-corrected chi connectivity index (χ4v) is 1.72. The summed E-state index contributed by atoms with van der Waals surface area (Å²) in [5, 5.41) is 9.48. The van der Waals surface area contributed by atoms with Gasteiger partial charge in [-0.25, -0.2) is 0 Å². The van der Waals surface area contributed by atoms with Crippen LogP contribution in [0.2, 0.25) is 0 Å². The molecule has 1 heterocycles. The van der Waals surface area contributed by atoms with Crippen molar-refractivity contribution in [3.63, 3.8) is 0 Å². The van der Waals surface area contributed by atoms with E-state index in [0.29, 0.717) is 6.42 Å². The zero-order valence-corrected chi connectivity index (χ0v) is 8.74. The molecule has 0 aromatic rings. The lowest BCUT2D eigenvalue weighted by molar-refractivity contribution is -0.142. The van der Waals surface area contributed by atoms with E-state index in [1.54, 1.807) is 0 Å². The summed E-state index contributed by atoms with van der Waals surface area (Å²) in [6.45, 7) is 3.15. The summed E-state index contributed by atoms with van der Waals surface area (Å²) in [5.41, 5.74) is 0. The molecule has 0 radical (unpaired) electrons. The van der Waals surface area contributed by atoms with Gasteiger partial charge >= 0.3 is 5.97 Å². The van der Waals surface area contributed by atoms with Gasteiger partial charge in [0.2, 0.25) is 0 Å². The largest absolute Gasteiger partial charge is 0.469 e. The van der Waals surface area contributed by atoms with E-state index < -0.39 is 6.10 Å². The number of esters is 1. The number of likely N-dealkylation sites (tertiary alicyclic amines) is 1. The molecule has 0 aromatic carbocycles. The van der Waals surface area contributed by atoms with Crippen molar-refractivity contribution in [2.75, 3.05) is 26.7 Å². The van der Waals surface area contributed by atoms with Gasteiger partial charge in [-0.15, -0.1) is 0 Å². The molecule has 1 atom stereocenters. The summed E-state index contributed by atoms with van der Waals surface area (Å²) in [5.74, 6) is -0.334. The smallest absolute Gasteiger partial charge is 0.308 e. The van der Waals surface area contributed by atoms with Crippen molar-refractivity contribution in [1.29, 1.82) is 0 Å². The highest BCUT2D eigenvalue weighted by Crippen LogP contribution is 2.09. The van der Waals surface area contributed by atoms with Gasteiger partial charge in [-0.1, -0.05) is 0 Å². The Bertz CT molecular complexity index is 178. The summed E-state index contributed by atoms with van der Waals surface area (Å²) >= 11 is 0. The lowest BCUT2D eigenvalue weighted by Gasteiger charge is -2.16. The first-order valence-electron chi connectivity index (χ1n) is 5.19. The Morgan fingerprint density at radius 1 is 1.50 bits per heavy atom. The van der Waals surface area contributed by atoms with Crippen molar-refractivity contribution in [2.45, 2.75) is 31.8 Å². The minimum absolute atomic E-state index is 0.115. The van der Waals surface area contributed by atoms with E-state index in [-0.39, 0.29) is 12.4 Å². The van der Waals surface area contributed by atoms with Crippen LogP contribution in [0.1, 0.15) is 25.7 Å². The number of aliphatic hydroxyl groups is 1. The molecule has 1 N–H and O–H groups in total. The van der Waals surface area contributed by atoms with E-state index in [4.69, 9.17) is 0 Å². The molecule has 0 bridgehead atoms. The van der Waals surface area contributed by atoms with Gasteiger partial charge < -0.3 is 14.7 Å². The van der Waals surface area contributed by atoms with Crippen molar-refractivity contribution in [1.82, 2.24) is 4.90 Å². The average molecular weight is 201 g/mol. The zero-order valence-electron chi connectivity index (χ0n) is 8.74. The first-order chi connectivity index (χ1) is 6.72. The number of carbonyl (C=O) groups excluding carboxylic acids is 1. The van der Waals surface area contributed by atoms with Crippen LogP contribution in [0, 0.1) is 0 Å². The number of hydrogen-bond acceptors (Lipinski definition) is 4. The fourth-order valence-electron chi connectivity index (χ4n) is 1.72. The van der Waals surface area contributed by atoms with E-state index in [1.165, 1.54) is 20.0 Å². The summed E-state index contributed by atoms with van der Waals surface area (Å²) in [7, 11) is 1.34. The Morgan fingerprint density at radius 2 is 2.14 bits per heavy atom. The van der Waals surface area contributed by atoms with Crippen molar-refractivity contribution >= 4 is 5.97 Å². The normalized spacial score (nSPS) is 19.6. The maximum absolute atomic E-state index is 10.8. The van der Waals surface area contributed by atoms with E-state index in [1.807, 2.05) is 0 Å². The lowest BCUT2D eigenvalue weighted by atomic mass is 10.2. The summed E-state index contributed by atoms with van der Waals surface area (Å²) in [6.07, 6.45) is 2.74. The predicted molar refractivity (Wildman–Crippen MR) is 52.9 cm³/mol. The third-order valence-corrected chi connectivity index (χ3v) is 2.61. The highest BCUT2D eigenvalue weighted by atomic mass is 16.5. The highest BCUT2D eigenvalue weighted by molar-refractivity contribution is 5.69. The first-order valence-corrected chi connectivity index (χ1v) is 5.19. The van der Waals surface area contributed by atoms with Crippen LogP contribution < -0.4 is 0 Å². The van der Waals surface area contributed by atoms with Gasteiger partial charge in [0.1, 0.15) is 0 Å². The van der Waals surface area contributed by atoms with Crippen LogP contribution in [-0.2, 0) is 9.53 Å². The Hall–Kier alpha value is -0.610. The minimum Gasteiger partial charge on any atom is -0.469 e. The minimum atomic E-state index is -0.553. The molecule has 1 unspecified atom stereocenters. The van der Waals surface area contributed by atoms with Crippen LogP contribution in [0.4, 0.5) is 0 Å². The number of rotatable bonds is 5. The third kappa shape index (κ3) is 4.07. The molecule has 1 rings (SSSR count). The van der Waals surface area contributed by atoms with Gasteiger partial charge in [-0.05, 0) is 32.4 Å². The second-order valence-corrected chi connectivity index (χ2v) is 3.77. The molecule has 0 spiro atoms. The van der Waals surface area contributed by atoms with E-state index in [9.17, 15) is 9.90 Å². The summed E-state index contributed by atoms with van der Waals surface area (Å²) in [6, 6.07) is 0. The van der Waals surface area contributed by atoms with Gasteiger partial charge in [0.25, 0.3) is 0 Å². The molecule has 0 amide bonds. The van der Waals surface area contributed by atoms with Gasteiger partial charge in [0, 0.05) is 6.54 Å². The number of aliphatic hydroxyl groups excluding tert-OH is 1. The summed E-state index contributed by atoms with van der Waals surface area (Å²) in [4.78, 5) is 13.1. The van der Waals surface area contributed by atoms with Crippen molar-refractivity contribution in [2.24, 2.45) is 0 Å². The van der Waals surface area contributed by atoms with Gasteiger partial charge in [-0.2, -0.15) is 0 Å². The van der Waals surface area contributed by atoms with Crippen LogP contribution in [0.3, 0.4) is 0 Å². The molecule has 4 nitrogen and oxygen atoms in total.